The van der Waals surface area contributed by atoms with Crippen LogP contribution >= 0.6 is 0 Å². The first-order chi connectivity index (χ1) is 4.00. The van der Waals surface area contributed by atoms with Crippen LogP contribution in [0.2, 0.25) is 0 Å². The quantitative estimate of drug-likeness (QED) is 0.462. The standard InChI is InChI=1S/C7H10O/c1-2-4-6-8-7-5-3-1/h1-2,4,6H,3,5,7H2. The molecule has 0 aromatic carbocycles. The maximum absolute atomic E-state index is 5.04. The van der Waals surface area contributed by atoms with E-state index in [9.17, 15) is 0 Å². The molecule has 8 heavy (non-hydrogen) atoms. The van der Waals surface area contributed by atoms with Crippen LogP contribution < -0.4 is 0 Å². The Hall–Kier alpha value is -0.720. The van der Waals surface area contributed by atoms with E-state index in [2.05, 4.69) is 6.08 Å². The summed E-state index contributed by atoms with van der Waals surface area (Å²) in [7, 11) is 0. The van der Waals surface area contributed by atoms with Gasteiger partial charge in [-0.1, -0.05) is 12.2 Å². The minimum atomic E-state index is 0.862. The molecule has 0 unspecified atom stereocenters. The van der Waals surface area contributed by atoms with E-state index < -0.39 is 0 Å². The Morgan fingerprint density at radius 1 is 1.25 bits per heavy atom. The monoisotopic (exact) mass is 110 g/mol. The van der Waals surface area contributed by atoms with E-state index in [1.807, 2.05) is 12.2 Å². The van der Waals surface area contributed by atoms with Gasteiger partial charge < -0.3 is 4.74 Å². The number of ether oxygens (including phenoxy) is 1. The normalized spacial score (nSPS) is 19.0. The van der Waals surface area contributed by atoms with Crippen LogP contribution in [0.5, 0.6) is 0 Å². The van der Waals surface area contributed by atoms with Crippen LogP contribution in [0.25, 0.3) is 0 Å². The molecule has 0 aromatic rings. The second-order valence-corrected chi connectivity index (χ2v) is 1.77. The van der Waals surface area contributed by atoms with Gasteiger partial charge in [0.15, 0.2) is 0 Å². The van der Waals surface area contributed by atoms with Crippen molar-refractivity contribution in [3.8, 4) is 0 Å². The third kappa shape index (κ3) is 1.82. The van der Waals surface area contributed by atoms with Gasteiger partial charge in [0.1, 0.15) is 0 Å². The molecule has 1 aliphatic rings. The molecule has 1 nitrogen and oxygen atoms in total. The Kier molecular flexibility index (Phi) is 2.24. The number of allylic oxidation sites excluding steroid dienone is 3. The first-order valence-electron chi connectivity index (χ1n) is 2.93. The zero-order valence-electron chi connectivity index (χ0n) is 4.84. The minimum Gasteiger partial charge on any atom is -0.501 e. The Balaban J connectivity index is 2.33. The zero-order valence-corrected chi connectivity index (χ0v) is 4.84. The molecular weight excluding hydrogens is 100 g/mol. The highest BCUT2D eigenvalue weighted by Crippen LogP contribution is 1.96. The number of rotatable bonds is 0. The fourth-order valence-electron chi connectivity index (χ4n) is 0.628. The van der Waals surface area contributed by atoms with Gasteiger partial charge in [-0.3, -0.25) is 0 Å². The molecule has 0 fully saturated rings. The first-order valence-corrected chi connectivity index (χ1v) is 2.93. The van der Waals surface area contributed by atoms with E-state index >= 15 is 0 Å². The molecule has 0 N–H and O–H groups in total. The molecule has 1 heterocycles. The smallest absolute Gasteiger partial charge is 0.0876 e. The number of hydrogen-bond acceptors (Lipinski definition) is 1. The summed E-state index contributed by atoms with van der Waals surface area (Å²) >= 11 is 0. The predicted octanol–water partition coefficient (Wildman–Crippen LogP) is 1.87. The minimum absolute atomic E-state index is 0.862. The SMILES string of the molecule is C1=CCCCOC=C1. The van der Waals surface area contributed by atoms with Crippen molar-refractivity contribution in [2.24, 2.45) is 0 Å². The van der Waals surface area contributed by atoms with Crippen LogP contribution in [0, 0.1) is 0 Å². The molecule has 0 bridgehead atoms. The lowest BCUT2D eigenvalue weighted by atomic mass is 10.3. The molecule has 0 saturated heterocycles. The molecule has 0 spiro atoms. The summed E-state index contributed by atoms with van der Waals surface area (Å²) in [5, 5.41) is 0. The lowest BCUT2D eigenvalue weighted by Crippen LogP contribution is -1.86. The summed E-state index contributed by atoms with van der Waals surface area (Å²) in [6.07, 6.45) is 10.1. The molecule has 1 heteroatoms. The lowest BCUT2D eigenvalue weighted by molar-refractivity contribution is 0.245. The summed E-state index contributed by atoms with van der Waals surface area (Å²) in [5.41, 5.74) is 0. The molecule has 44 valence electrons. The molecule has 0 aromatic heterocycles. The van der Waals surface area contributed by atoms with Crippen LogP contribution in [0.15, 0.2) is 24.5 Å². The van der Waals surface area contributed by atoms with Gasteiger partial charge in [-0.25, -0.2) is 0 Å². The zero-order chi connectivity index (χ0) is 5.66. The van der Waals surface area contributed by atoms with Crippen molar-refractivity contribution in [2.45, 2.75) is 12.8 Å². The van der Waals surface area contributed by atoms with E-state index in [-0.39, 0.29) is 0 Å². The van der Waals surface area contributed by atoms with Crippen LogP contribution in [-0.2, 0) is 4.74 Å². The van der Waals surface area contributed by atoms with Crippen molar-refractivity contribution in [3.05, 3.63) is 24.5 Å². The van der Waals surface area contributed by atoms with Crippen LogP contribution in [0.1, 0.15) is 12.8 Å². The summed E-state index contributed by atoms with van der Waals surface area (Å²) in [6, 6.07) is 0. The van der Waals surface area contributed by atoms with E-state index in [1.165, 1.54) is 0 Å². The van der Waals surface area contributed by atoms with Crippen molar-refractivity contribution >= 4 is 0 Å². The molecule has 1 rings (SSSR count). The molecule has 0 atom stereocenters. The maximum atomic E-state index is 5.04. The topological polar surface area (TPSA) is 9.23 Å². The average molecular weight is 110 g/mol. The first kappa shape index (κ1) is 5.42. The highest BCUT2D eigenvalue weighted by atomic mass is 16.5. The van der Waals surface area contributed by atoms with Crippen molar-refractivity contribution in [1.29, 1.82) is 0 Å². The molecule has 0 aliphatic carbocycles. The van der Waals surface area contributed by atoms with Gasteiger partial charge in [-0.15, -0.1) is 0 Å². The van der Waals surface area contributed by atoms with Gasteiger partial charge in [0.05, 0.1) is 12.9 Å². The predicted molar refractivity (Wildman–Crippen MR) is 33.5 cm³/mol. The molecule has 0 radical (unpaired) electrons. The van der Waals surface area contributed by atoms with Gasteiger partial charge in [-0.05, 0) is 18.9 Å². The van der Waals surface area contributed by atoms with Crippen molar-refractivity contribution in [3.63, 3.8) is 0 Å². The summed E-state index contributed by atoms with van der Waals surface area (Å²) in [5.74, 6) is 0. The summed E-state index contributed by atoms with van der Waals surface area (Å²) in [4.78, 5) is 0. The second kappa shape index (κ2) is 3.30. The Bertz CT molecular complexity index is 89.0. The number of hydrogen-bond donors (Lipinski definition) is 0. The van der Waals surface area contributed by atoms with Crippen LogP contribution in [0.4, 0.5) is 0 Å². The van der Waals surface area contributed by atoms with E-state index in [4.69, 9.17) is 4.74 Å². The highest BCUT2D eigenvalue weighted by molar-refractivity contribution is 5.00. The Morgan fingerprint density at radius 3 is 3.25 bits per heavy atom. The third-order valence-electron chi connectivity index (χ3n) is 1.05. The van der Waals surface area contributed by atoms with Gasteiger partial charge in [0.25, 0.3) is 0 Å². The fraction of sp³-hybridized carbons (Fsp3) is 0.429. The van der Waals surface area contributed by atoms with Crippen molar-refractivity contribution in [1.82, 2.24) is 0 Å². The van der Waals surface area contributed by atoms with Crippen LogP contribution in [0.3, 0.4) is 0 Å². The van der Waals surface area contributed by atoms with E-state index in [0.717, 1.165) is 19.4 Å². The van der Waals surface area contributed by atoms with Gasteiger partial charge in [-0.2, -0.15) is 0 Å². The van der Waals surface area contributed by atoms with Crippen molar-refractivity contribution in [2.75, 3.05) is 6.61 Å². The molecular formula is C7H10O. The molecule has 1 aliphatic heterocycles. The molecule has 0 saturated carbocycles. The third-order valence-corrected chi connectivity index (χ3v) is 1.05. The van der Waals surface area contributed by atoms with Gasteiger partial charge in [0.2, 0.25) is 0 Å². The Morgan fingerprint density at radius 2 is 2.25 bits per heavy atom. The lowest BCUT2D eigenvalue weighted by Gasteiger charge is -1.98. The van der Waals surface area contributed by atoms with Gasteiger partial charge >= 0.3 is 0 Å². The molecule has 0 amide bonds. The van der Waals surface area contributed by atoms with Crippen molar-refractivity contribution < 1.29 is 4.74 Å². The summed E-state index contributed by atoms with van der Waals surface area (Å²) in [6.45, 7) is 0.862. The second-order valence-electron chi connectivity index (χ2n) is 1.77. The fourth-order valence-corrected chi connectivity index (χ4v) is 0.628. The van der Waals surface area contributed by atoms with Crippen LogP contribution in [-0.4, -0.2) is 6.61 Å². The highest BCUT2D eigenvalue weighted by Gasteiger charge is 1.83. The largest absolute Gasteiger partial charge is 0.501 e. The van der Waals surface area contributed by atoms with E-state index in [0.29, 0.717) is 0 Å². The van der Waals surface area contributed by atoms with Gasteiger partial charge in [0, 0.05) is 0 Å². The summed E-state index contributed by atoms with van der Waals surface area (Å²) < 4.78 is 5.04. The maximum Gasteiger partial charge on any atom is 0.0876 e. The van der Waals surface area contributed by atoms with E-state index in [1.54, 1.807) is 6.26 Å². The average Bonchev–Trinajstić information content (AvgIpc) is 1.62. The Labute approximate surface area is 49.7 Å².